The normalized spacial score (nSPS) is 43.8. The van der Waals surface area contributed by atoms with E-state index in [1.54, 1.807) is 0 Å². The minimum Gasteiger partial charge on any atom is -0.118 e. The van der Waals surface area contributed by atoms with Crippen molar-refractivity contribution in [2.24, 2.45) is 11.8 Å². The van der Waals surface area contributed by atoms with Crippen molar-refractivity contribution in [3.8, 4) is 0 Å². The first-order valence-corrected chi connectivity index (χ1v) is 4.28. The van der Waals surface area contributed by atoms with Crippen LogP contribution in [0.15, 0.2) is 23.3 Å². The molecule has 2 heteroatoms. The van der Waals surface area contributed by atoms with Gasteiger partial charge in [-0.25, -0.2) is 0 Å². The van der Waals surface area contributed by atoms with E-state index in [1.165, 1.54) is 0 Å². The number of fused-ring (bicyclic) bond motifs is 2. The number of hydrogen-bond donors (Lipinski definition) is 0. The van der Waals surface area contributed by atoms with Gasteiger partial charge < -0.3 is 0 Å². The Balaban J connectivity index is 2.33. The molecule has 0 aliphatic heterocycles. The molecule has 0 aromatic heterocycles. The molecule has 2 rings (SSSR count). The lowest BCUT2D eigenvalue weighted by atomic mass is 9.94. The standard InChI is InChI=1S/C8H8Cl2/c9-7-4-8(10)6-2-1-5(7)3-6/h1-2,4-7H,3H2/t5-,6+,7+/m1/s1. The second kappa shape index (κ2) is 2.28. The van der Waals surface area contributed by atoms with Crippen molar-refractivity contribution in [3.05, 3.63) is 23.3 Å². The van der Waals surface area contributed by atoms with Gasteiger partial charge in [0.05, 0.1) is 5.38 Å². The molecular formula is C8H8Cl2. The lowest BCUT2D eigenvalue weighted by Crippen LogP contribution is -2.15. The fourth-order valence-electron chi connectivity index (χ4n) is 1.57. The number of hydrogen-bond acceptors (Lipinski definition) is 0. The highest BCUT2D eigenvalue weighted by atomic mass is 35.5. The molecule has 0 fully saturated rings. The summed E-state index contributed by atoms with van der Waals surface area (Å²) in [6, 6.07) is 0. The highest BCUT2D eigenvalue weighted by Gasteiger charge is 2.30. The maximum Gasteiger partial charge on any atom is 0.0593 e. The highest BCUT2D eigenvalue weighted by molar-refractivity contribution is 6.31. The molecule has 0 heterocycles. The molecule has 2 bridgehead atoms. The van der Waals surface area contributed by atoms with Gasteiger partial charge in [-0.15, -0.1) is 11.6 Å². The van der Waals surface area contributed by atoms with Crippen molar-refractivity contribution in [1.29, 1.82) is 0 Å². The predicted octanol–water partition coefficient (Wildman–Crippen LogP) is 2.92. The molecule has 0 nitrogen and oxygen atoms in total. The average molecular weight is 175 g/mol. The zero-order valence-corrected chi connectivity index (χ0v) is 6.94. The maximum atomic E-state index is 5.99. The fourth-order valence-corrected chi connectivity index (χ4v) is 2.25. The Kier molecular flexibility index (Phi) is 1.54. The zero-order chi connectivity index (χ0) is 7.14. The largest absolute Gasteiger partial charge is 0.118 e. The van der Waals surface area contributed by atoms with E-state index < -0.39 is 0 Å². The quantitative estimate of drug-likeness (QED) is 0.392. The van der Waals surface area contributed by atoms with Crippen molar-refractivity contribution >= 4 is 23.2 Å². The number of rotatable bonds is 0. The van der Waals surface area contributed by atoms with Gasteiger partial charge in [0.1, 0.15) is 0 Å². The molecule has 0 aromatic carbocycles. The first-order chi connectivity index (χ1) is 4.77. The molecule has 0 amide bonds. The zero-order valence-electron chi connectivity index (χ0n) is 5.43. The summed E-state index contributed by atoms with van der Waals surface area (Å²) in [6.07, 6.45) is 7.41. The smallest absolute Gasteiger partial charge is 0.0593 e. The van der Waals surface area contributed by atoms with Crippen LogP contribution in [0.25, 0.3) is 0 Å². The second-order valence-electron chi connectivity index (χ2n) is 2.89. The summed E-state index contributed by atoms with van der Waals surface area (Å²) in [5, 5.41) is 1.05. The van der Waals surface area contributed by atoms with E-state index >= 15 is 0 Å². The molecule has 0 aromatic rings. The summed E-state index contributed by atoms with van der Waals surface area (Å²) < 4.78 is 0. The molecular weight excluding hydrogens is 167 g/mol. The SMILES string of the molecule is ClC1=C[C@H](Cl)[C@@H]2C=C[C@H]1C2. The summed E-state index contributed by atoms with van der Waals surface area (Å²) in [4.78, 5) is 0. The van der Waals surface area contributed by atoms with Gasteiger partial charge in [-0.2, -0.15) is 0 Å². The second-order valence-corrected chi connectivity index (χ2v) is 3.83. The first-order valence-electron chi connectivity index (χ1n) is 3.47. The molecule has 0 saturated carbocycles. The topological polar surface area (TPSA) is 0 Å². The Bertz CT molecular complexity index is 205. The van der Waals surface area contributed by atoms with E-state index in [4.69, 9.17) is 23.2 Å². The van der Waals surface area contributed by atoms with E-state index in [2.05, 4.69) is 12.2 Å². The Morgan fingerprint density at radius 1 is 1.40 bits per heavy atom. The number of alkyl halides is 1. The summed E-state index contributed by atoms with van der Waals surface area (Å²) in [5.74, 6) is 1.01. The fraction of sp³-hybridized carbons (Fsp3) is 0.500. The van der Waals surface area contributed by atoms with Crippen LogP contribution in [0, 0.1) is 11.8 Å². The Labute approximate surface area is 70.5 Å². The Hall–Kier alpha value is 0.0600. The van der Waals surface area contributed by atoms with Crippen LogP contribution in [0.1, 0.15) is 6.42 Å². The molecule has 0 radical (unpaired) electrons. The van der Waals surface area contributed by atoms with Gasteiger partial charge >= 0.3 is 0 Å². The molecule has 2 aliphatic carbocycles. The Morgan fingerprint density at radius 3 is 3.00 bits per heavy atom. The summed E-state index contributed by atoms with van der Waals surface area (Å²) in [5.41, 5.74) is 0. The maximum absolute atomic E-state index is 5.99. The van der Waals surface area contributed by atoms with Gasteiger partial charge in [0, 0.05) is 11.0 Å². The van der Waals surface area contributed by atoms with Crippen molar-refractivity contribution in [1.82, 2.24) is 0 Å². The summed E-state index contributed by atoms with van der Waals surface area (Å²) in [6.45, 7) is 0. The Morgan fingerprint density at radius 2 is 2.20 bits per heavy atom. The van der Waals surface area contributed by atoms with E-state index in [9.17, 15) is 0 Å². The predicted molar refractivity (Wildman–Crippen MR) is 44.3 cm³/mol. The molecule has 54 valence electrons. The summed E-state index contributed by atoms with van der Waals surface area (Å²) >= 11 is 11.9. The molecule has 0 spiro atoms. The van der Waals surface area contributed by atoms with Crippen molar-refractivity contribution < 1.29 is 0 Å². The van der Waals surface area contributed by atoms with Crippen LogP contribution in [0.2, 0.25) is 0 Å². The van der Waals surface area contributed by atoms with Crippen molar-refractivity contribution in [3.63, 3.8) is 0 Å². The molecule has 3 atom stereocenters. The van der Waals surface area contributed by atoms with Crippen LogP contribution in [0.3, 0.4) is 0 Å². The lowest BCUT2D eigenvalue weighted by Gasteiger charge is -2.20. The lowest BCUT2D eigenvalue weighted by molar-refractivity contribution is 0.560. The van der Waals surface area contributed by atoms with Gasteiger partial charge in [0.2, 0.25) is 0 Å². The van der Waals surface area contributed by atoms with E-state index in [0.29, 0.717) is 11.8 Å². The van der Waals surface area contributed by atoms with Gasteiger partial charge in [-0.1, -0.05) is 29.8 Å². The average Bonchev–Trinajstić information content (AvgIpc) is 2.28. The summed E-state index contributed by atoms with van der Waals surface area (Å²) in [7, 11) is 0. The molecule has 0 unspecified atom stereocenters. The van der Waals surface area contributed by atoms with Crippen LogP contribution in [-0.2, 0) is 0 Å². The van der Waals surface area contributed by atoms with E-state index in [1.807, 2.05) is 6.08 Å². The third-order valence-corrected chi connectivity index (χ3v) is 3.05. The van der Waals surface area contributed by atoms with Crippen molar-refractivity contribution in [2.45, 2.75) is 11.8 Å². The van der Waals surface area contributed by atoms with Gasteiger partial charge in [-0.05, 0) is 12.3 Å². The monoisotopic (exact) mass is 174 g/mol. The molecule has 2 aliphatic rings. The molecule has 0 N–H and O–H groups in total. The minimum atomic E-state index is 0.127. The van der Waals surface area contributed by atoms with Crippen LogP contribution < -0.4 is 0 Å². The van der Waals surface area contributed by atoms with Gasteiger partial charge in [0.15, 0.2) is 0 Å². The van der Waals surface area contributed by atoms with E-state index in [0.717, 1.165) is 11.5 Å². The van der Waals surface area contributed by atoms with Crippen LogP contribution in [0.4, 0.5) is 0 Å². The molecule has 0 saturated heterocycles. The van der Waals surface area contributed by atoms with Crippen LogP contribution in [-0.4, -0.2) is 5.38 Å². The first kappa shape index (κ1) is 6.75. The highest BCUT2D eigenvalue weighted by Crippen LogP contribution is 2.40. The minimum absolute atomic E-state index is 0.127. The van der Waals surface area contributed by atoms with E-state index in [-0.39, 0.29) is 5.38 Å². The van der Waals surface area contributed by atoms with Crippen molar-refractivity contribution in [2.75, 3.05) is 0 Å². The third kappa shape index (κ3) is 0.906. The third-order valence-electron chi connectivity index (χ3n) is 2.20. The van der Waals surface area contributed by atoms with Crippen LogP contribution >= 0.6 is 23.2 Å². The van der Waals surface area contributed by atoms with Gasteiger partial charge in [0.25, 0.3) is 0 Å². The van der Waals surface area contributed by atoms with Gasteiger partial charge in [-0.3, -0.25) is 0 Å². The van der Waals surface area contributed by atoms with Crippen LogP contribution in [0.5, 0.6) is 0 Å². The molecule has 10 heavy (non-hydrogen) atoms. The number of allylic oxidation sites excluding steroid dienone is 4. The number of halogens is 2.